The van der Waals surface area contributed by atoms with E-state index in [1.807, 2.05) is 57.8 Å². The molecule has 0 aliphatic carbocycles. The number of nitrogens with zero attached hydrogens (tertiary/aromatic N) is 5. The first kappa shape index (κ1) is 29.7. The van der Waals surface area contributed by atoms with Gasteiger partial charge in [0.2, 0.25) is 15.9 Å². The summed E-state index contributed by atoms with van der Waals surface area (Å²) >= 11 is 0. The van der Waals surface area contributed by atoms with Crippen molar-refractivity contribution < 1.29 is 22.7 Å². The van der Waals surface area contributed by atoms with Crippen molar-refractivity contribution in [3.63, 3.8) is 0 Å². The number of likely N-dealkylation sites (N-methyl/N-ethyl adjacent to an activating group) is 1. The lowest BCUT2D eigenvalue weighted by atomic mass is 9.97. The third kappa shape index (κ3) is 5.76. The molecule has 2 amide bonds. The average Bonchev–Trinajstić information content (AvgIpc) is 2.90. The Kier molecular flexibility index (Phi) is 8.11. The number of fused-ring (bicyclic) bond motifs is 1. The number of hydrogen-bond acceptors (Lipinski definition) is 7. The number of amides is 2. The first-order chi connectivity index (χ1) is 18.6. The van der Waals surface area contributed by atoms with Crippen molar-refractivity contribution >= 4 is 44.8 Å². The third-order valence-corrected chi connectivity index (χ3v) is 9.40. The zero-order valence-corrected chi connectivity index (χ0v) is 25.5. The number of likely N-dealkylation sites (tertiary alicyclic amines) is 1. The molecule has 2 heterocycles. The topological polar surface area (TPSA) is 93.7 Å². The van der Waals surface area contributed by atoms with Crippen LogP contribution in [0.4, 0.5) is 27.5 Å². The van der Waals surface area contributed by atoms with Crippen LogP contribution in [0.5, 0.6) is 0 Å². The number of benzene rings is 2. The number of carbonyl (C=O) groups is 2. The second kappa shape index (κ2) is 10.9. The van der Waals surface area contributed by atoms with Crippen LogP contribution in [0.15, 0.2) is 47.4 Å². The molecule has 0 bridgehead atoms. The van der Waals surface area contributed by atoms with Gasteiger partial charge in [-0.2, -0.15) is 0 Å². The molecular weight excluding hydrogens is 530 g/mol. The molecule has 11 heteroatoms. The number of rotatable bonds is 5. The zero-order chi connectivity index (χ0) is 29.6. The van der Waals surface area contributed by atoms with Gasteiger partial charge in [0.05, 0.1) is 16.3 Å². The van der Waals surface area contributed by atoms with Crippen LogP contribution in [-0.4, -0.2) is 88.6 Å². The van der Waals surface area contributed by atoms with Crippen LogP contribution in [0.25, 0.3) is 0 Å². The summed E-state index contributed by atoms with van der Waals surface area (Å²) in [5.74, 6) is 0.0183. The molecule has 0 saturated carbocycles. The van der Waals surface area contributed by atoms with Gasteiger partial charge in [0.1, 0.15) is 11.6 Å². The molecule has 0 N–H and O–H groups in total. The molecule has 218 valence electrons. The van der Waals surface area contributed by atoms with Crippen LogP contribution in [0.1, 0.15) is 40.5 Å². The SMILES string of the molecule is C[C@@H]1C(=O)N(C)c2ccc(N(C)c3cccc(S(=O)(=O)N(C)C)c3)cc2N1C1CCN(C(=O)OC(C)(C)C)CC1. The molecule has 0 aromatic heterocycles. The van der Waals surface area contributed by atoms with Crippen molar-refractivity contribution in [1.29, 1.82) is 0 Å². The van der Waals surface area contributed by atoms with Crippen molar-refractivity contribution in [2.24, 2.45) is 0 Å². The highest BCUT2D eigenvalue weighted by atomic mass is 32.2. The molecule has 0 unspecified atom stereocenters. The zero-order valence-electron chi connectivity index (χ0n) is 24.7. The van der Waals surface area contributed by atoms with Gasteiger partial charge in [-0.1, -0.05) is 6.07 Å². The lowest BCUT2D eigenvalue weighted by molar-refractivity contribution is -0.119. The minimum absolute atomic E-state index is 0.0183. The van der Waals surface area contributed by atoms with Gasteiger partial charge in [0, 0.05) is 58.7 Å². The maximum Gasteiger partial charge on any atom is 0.410 e. The Hall–Kier alpha value is -3.31. The highest BCUT2D eigenvalue weighted by Gasteiger charge is 2.39. The number of sulfonamides is 1. The summed E-state index contributed by atoms with van der Waals surface area (Å²) in [6.07, 6.45) is 1.12. The average molecular weight is 572 g/mol. The van der Waals surface area contributed by atoms with Gasteiger partial charge < -0.3 is 24.3 Å². The molecule has 0 radical (unpaired) electrons. The van der Waals surface area contributed by atoms with Gasteiger partial charge in [0.25, 0.3) is 0 Å². The molecule has 1 atom stereocenters. The van der Waals surface area contributed by atoms with E-state index in [0.29, 0.717) is 25.9 Å². The minimum Gasteiger partial charge on any atom is -0.444 e. The summed E-state index contributed by atoms with van der Waals surface area (Å²) in [6, 6.07) is 12.5. The van der Waals surface area contributed by atoms with Gasteiger partial charge in [-0.3, -0.25) is 4.79 Å². The van der Waals surface area contributed by atoms with E-state index in [4.69, 9.17) is 4.74 Å². The number of anilines is 4. The van der Waals surface area contributed by atoms with E-state index in [2.05, 4.69) is 11.0 Å². The van der Waals surface area contributed by atoms with Gasteiger partial charge in [0.15, 0.2) is 0 Å². The molecule has 1 saturated heterocycles. The Morgan fingerprint density at radius 2 is 1.60 bits per heavy atom. The van der Waals surface area contributed by atoms with Crippen LogP contribution >= 0.6 is 0 Å². The van der Waals surface area contributed by atoms with Crippen LogP contribution in [0.3, 0.4) is 0 Å². The quantitative estimate of drug-likeness (QED) is 0.529. The highest BCUT2D eigenvalue weighted by molar-refractivity contribution is 7.89. The van der Waals surface area contributed by atoms with Crippen LogP contribution in [0, 0.1) is 0 Å². The molecule has 4 rings (SSSR count). The van der Waals surface area contributed by atoms with Crippen molar-refractivity contribution in [3.05, 3.63) is 42.5 Å². The van der Waals surface area contributed by atoms with E-state index in [1.54, 1.807) is 35.0 Å². The number of hydrogen-bond donors (Lipinski definition) is 0. The molecule has 0 spiro atoms. The summed E-state index contributed by atoms with van der Waals surface area (Å²) in [5.41, 5.74) is 2.80. The molecule has 40 heavy (non-hydrogen) atoms. The van der Waals surface area contributed by atoms with Crippen molar-refractivity contribution in [2.45, 2.75) is 63.1 Å². The fraction of sp³-hybridized carbons (Fsp3) is 0.517. The standard InChI is InChI=1S/C29H41N5O5S/c1-20-27(35)32(8)25-13-12-23(31(7)22-10-9-11-24(18-22)40(37,38)30(5)6)19-26(25)34(20)21-14-16-33(17-15-21)28(36)39-29(2,3)4/h9-13,18-21H,14-17H2,1-8H3/t20-/m1/s1. The summed E-state index contributed by atoms with van der Waals surface area (Å²) < 4.78 is 32.2. The Morgan fingerprint density at radius 3 is 2.20 bits per heavy atom. The maximum absolute atomic E-state index is 13.2. The molecule has 1 fully saturated rings. The molecule has 2 aromatic carbocycles. The van der Waals surface area contributed by atoms with E-state index in [-0.39, 0.29) is 29.0 Å². The van der Waals surface area contributed by atoms with Crippen molar-refractivity contribution in [1.82, 2.24) is 9.21 Å². The second-order valence-electron chi connectivity index (χ2n) is 11.7. The first-order valence-corrected chi connectivity index (χ1v) is 15.0. The van der Waals surface area contributed by atoms with Gasteiger partial charge >= 0.3 is 6.09 Å². The Balaban J connectivity index is 1.63. The summed E-state index contributed by atoms with van der Waals surface area (Å²) in [4.78, 5) is 33.6. The number of carbonyl (C=O) groups excluding carboxylic acids is 2. The van der Waals surface area contributed by atoms with Crippen molar-refractivity contribution in [2.75, 3.05) is 56.0 Å². The lowest BCUT2D eigenvalue weighted by Crippen LogP contribution is -2.57. The van der Waals surface area contributed by atoms with E-state index in [0.717, 1.165) is 22.7 Å². The number of piperidine rings is 1. The Morgan fingerprint density at radius 1 is 0.975 bits per heavy atom. The van der Waals surface area contributed by atoms with Crippen LogP contribution < -0.4 is 14.7 Å². The Labute approximate surface area is 238 Å². The fourth-order valence-electron chi connectivity index (χ4n) is 5.32. The predicted octanol–water partition coefficient (Wildman–Crippen LogP) is 4.28. The molecule has 10 nitrogen and oxygen atoms in total. The first-order valence-electron chi connectivity index (χ1n) is 13.6. The van der Waals surface area contributed by atoms with Crippen LogP contribution in [-0.2, 0) is 19.6 Å². The molecular formula is C29H41N5O5S. The third-order valence-electron chi connectivity index (χ3n) is 7.58. The monoisotopic (exact) mass is 571 g/mol. The maximum atomic E-state index is 13.2. The molecule has 2 aliphatic rings. The van der Waals surface area contributed by atoms with Crippen LogP contribution in [0.2, 0.25) is 0 Å². The summed E-state index contributed by atoms with van der Waals surface area (Å²) in [6.45, 7) is 8.60. The van der Waals surface area contributed by atoms with Crippen molar-refractivity contribution in [3.8, 4) is 0 Å². The molecule has 2 aromatic rings. The normalized spacial score (nSPS) is 18.7. The fourth-order valence-corrected chi connectivity index (χ4v) is 6.26. The highest BCUT2D eigenvalue weighted by Crippen LogP contribution is 2.42. The number of ether oxygens (including phenoxy) is 1. The van der Waals surface area contributed by atoms with E-state index >= 15 is 0 Å². The largest absolute Gasteiger partial charge is 0.444 e. The smallest absolute Gasteiger partial charge is 0.410 e. The summed E-state index contributed by atoms with van der Waals surface area (Å²) in [5, 5.41) is 0. The predicted molar refractivity (Wildman–Crippen MR) is 158 cm³/mol. The second-order valence-corrected chi connectivity index (χ2v) is 13.8. The van der Waals surface area contributed by atoms with E-state index < -0.39 is 15.6 Å². The van der Waals surface area contributed by atoms with E-state index in [9.17, 15) is 18.0 Å². The lowest BCUT2D eigenvalue weighted by Gasteiger charge is -2.47. The van der Waals surface area contributed by atoms with E-state index in [1.165, 1.54) is 18.4 Å². The van der Waals surface area contributed by atoms with Gasteiger partial charge in [-0.25, -0.2) is 17.5 Å². The minimum atomic E-state index is -3.58. The molecule has 2 aliphatic heterocycles. The Bertz CT molecular complexity index is 1380. The van der Waals surface area contributed by atoms with Gasteiger partial charge in [-0.15, -0.1) is 0 Å². The summed E-state index contributed by atoms with van der Waals surface area (Å²) in [7, 11) is 3.14. The van der Waals surface area contributed by atoms with Gasteiger partial charge in [-0.05, 0) is 76.9 Å².